The third-order valence-electron chi connectivity index (χ3n) is 6.90. The third-order valence-corrected chi connectivity index (χ3v) is 6.90. The lowest BCUT2D eigenvalue weighted by atomic mass is 9.86. The number of likely N-dealkylation sites (N-methyl/N-ethyl adjacent to an activating group) is 2. The molecule has 0 radical (unpaired) electrons. The number of rotatable bonds is 8. The van der Waals surface area contributed by atoms with Crippen LogP contribution < -0.4 is 16.2 Å². The Bertz CT molecular complexity index is 1340. The van der Waals surface area contributed by atoms with Gasteiger partial charge in [-0.25, -0.2) is 9.37 Å². The van der Waals surface area contributed by atoms with Crippen molar-refractivity contribution >= 4 is 17.5 Å². The van der Waals surface area contributed by atoms with Crippen LogP contribution in [0.1, 0.15) is 43.9 Å². The van der Waals surface area contributed by atoms with Crippen molar-refractivity contribution < 1.29 is 14.0 Å². The van der Waals surface area contributed by atoms with Crippen LogP contribution in [-0.4, -0.2) is 45.9 Å². The Kier molecular flexibility index (Phi) is 8.13. The number of carbonyl (C=O) groups is 2. The number of aryl methyl sites for hydroxylation is 1. The molecule has 194 valence electrons. The lowest BCUT2D eigenvalue weighted by molar-refractivity contribution is -0.134. The number of benzene rings is 2. The molecule has 9 heteroatoms. The van der Waals surface area contributed by atoms with Crippen LogP contribution >= 0.6 is 0 Å². The van der Waals surface area contributed by atoms with Gasteiger partial charge in [-0.2, -0.15) is 0 Å². The van der Waals surface area contributed by atoms with E-state index in [4.69, 9.17) is 0 Å². The van der Waals surface area contributed by atoms with Gasteiger partial charge in [0.25, 0.3) is 5.56 Å². The summed E-state index contributed by atoms with van der Waals surface area (Å²) in [6.45, 7) is 3.80. The summed E-state index contributed by atoms with van der Waals surface area (Å²) >= 11 is 0. The van der Waals surface area contributed by atoms with Crippen molar-refractivity contribution in [2.45, 2.75) is 51.7 Å². The Hall–Kier alpha value is -3.85. The summed E-state index contributed by atoms with van der Waals surface area (Å²) in [6, 6.07) is 13.1. The van der Waals surface area contributed by atoms with Gasteiger partial charge in [0, 0.05) is 12.1 Å². The molecule has 2 aromatic carbocycles. The fourth-order valence-corrected chi connectivity index (χ4v) is 4.77. The summed E-state index contributed by atoms with van der Waals surface area (Å²) in [7, 11) is 1.64. The SMILES string of the molecule is CCN(C(=O)Cn1c(-c2ccc(F)cc2)ncc(NC(=O)[C@H](C)NC)c1=O)[C@@H]1CCCc2ccccc21. The molecule has 2 N–H and O–H groups in total. The third kappa shape index (κ3) is 5.61. The van der Waals surface area contributed by atoms with E-state index in [9.17, 15) is 18.8 Å². The van der Waals surface area contributed by atoms with Gasteiger partial charge in [0.1, 0.15) is 23.9 Å². The van der Waals surface area contributed by atoms with E-state index in [0.717, 1.165) is 24.8 Å². The largest absolute Gasteiger partial charge is 0.334 e. The van der Waals surface area contributed by atoms with Crippen molar-refractivity contribution in [3.05, 3.63) is 82.0 Å². The molecule has 2 amide bonds. The number of hydrogen-bond donors (Lipinski definition) is 2. The van der Waals surface area contributed by atoms with E-state index in [-0.39, 0.29) is 30.0 Å². The average molecular weight is 506 g/mol. The highest BCUT2D eigenvalue weighted by Gasteiger charge is 2.29. The molecule has 37 heavy (non-hydrogen) atoms. The predicted molar refractivity (Wildman–Crippen MR) is 141 cm³/mol. The molecule has 0 saturated carbocycles. The summed E-state index contributed by atoms with van der Waals surface area (Å²) in [6.07, 6.45) is 4.06. The molecule has 2 atom stereocenters. The predicted octanol–water partition coefficient (Wildman–Crippen LogP) is 3.52. The van der Waals surface area contributed by atoms with Gasteiger partial charge in [0.05, 0.1) is 18.3 Å². The number of halogens is 1. The maximum Gasteiger partial charge on any atom is 0.278 e. The maximum atomic E-state index is 13.7. The first-order valence-corrected chi connectivity index (χ1v) is 12.5. The summed E-state index contributed by atoms with van der Waals surface area (Å²) in [5.41, 5.74) is 2.27. The minimum Gasteiger partial charge on any atom is -0.334 e. The van der Waals surface area contributed by atoms with Gasteiger partial charge in [-0.1, -0.05) is 24.3 Å². The fraction of sp³-hybridized carbons (Fsp3) is 0.357. The molecule has 0 unspecified atom stereocenters. The number of anilines is 1. The number of aromatic nitrogens is 2. The Balaban J connectivity index is 1.72. The molecule has 3 aromatic rings. The second-order valence-corrected chi connectivity index (χ2v) is 9.18. The molecule has 1 heterocycles. The second-order valence-electron chi connectivity index (χ2n) is 9.18. The van der Waals surface area contributed by atoms with E-state index >= 15 is 0 Å². The molecular weight excluding hydrogens is 473 g/mol. The van der Waals surface area contributed by atoms with Crippen LogP contribution in [0.4, 0.5) is 10.1 Å². The van der Waals surface area contributed by atoms with Gasteiger partial charge in [-0.15, -0.1) is 0 Å². The summed E-state index contributed by atoms with van der Waals surface area (Å²) in [4.78, 5) is 45.9. The lowest BCUT2D eigenvalue weighted by Crippen LogP contribution is -2.41. The highest BCUT2D eigenvalue weighted by molar-refractivity contribution is 5.94. The Morgan fingerprint density at radius 3 is 2.62 bits per heavy atom. The van der Waals surface area contributed by atoms with Gasteiger partial charge in [-0.05, 0) is 75.5 Å². The Morgan fingerprint density at radius 1 is 1.19 bits per heavy atom. The quantitative estimate of drug-likeness (QED) is 0.488. The number of nitrogens with one attached hydrogen (secondary N) is 2. The zero-order chi connectivity index (χ0) is 26.5. The maximum absolute atomic E-state index is 13.7. The van der Waals surface area contributed by atoms with Crippen LogP contribution in [0, 0.1) is 5.82 Å². The fourth-order valence-electron chi connectivity index (χ4n) is 4.77. The first kappa shape index (κ1) is 26.2. The summed E-state index contributed by atoms with van der Waals surface area (Å²) in [5, 5.41) is 5.42. The minimum atomic E-state index is -0.556. The van der Waals surface area contributed by atoms with Gasteiger partial charge in [-0.3, -0.25) is 19.0 Å². The van der Waals surface area contributed by atoms with Crippen LogP contribution in [0.5, 0.6) is 0 Å². The molecule has 1 aliphatic carbocycles. The number of carbonyl (C=O) groups excluding carboxylic acids is 2. The van der Waals surface area contributed by atoms with E-state index in [1.807, 2.05) is 19.1 Å². The van der Waals surface area contributed by atoms with Gasteiger partial charge in [0.2, 0.25) is 11.8 Å². The molecule has 0 aliphatic heterocycles. The minimum absolute atomic E-state index is 0.0307. The van der Waals surface area contributed by atoms with Crippen molar-refractivity contribution in [3.8, 4) is 11.4 Å². The summed E-state index contributed by atoms with van der Waals surface area (Å²) in [5.74, 6) is -0.837. The first-order valence-electron chi connectivity index (χ1n) is 12.5. The Morgan fingerprint density at radius 2 is 1.92 bits per heavy atom. The molecule has 0 bridgehead atoms. The Labute approximate surface area is 215 Å². The van der Waals surface area contributed by atoms with Crippen molar-refractivity contribution in [3.63, 3.8) is 0 Å². The highest BCUT2D eigenvalue weighted by Crippen LogP contribution is 2.34. The zero-order valence-corrected chi connectivity index (χ0v) is 21.3. The van der Waals surface area contributed by atoms with Crippen LogP contribution in [0.25, 0.3) is 11.4 Å². The average Bonchev–Trinajstić information content (AvgIpc) is 2.91. The van der Waals surface area contributed by atoms with Gasteiger partial charge in [0.15, 0.2) is 0 Å². The lowest BCUT2D eigenvalue weighted by Gasteiger charge is -2.35. The summed E-state index contributed by atoms with van der Waals surface area (Å²) < 4.78 is 14.8. The molecular formula is C28H32FN5O3. The van der Waals surface area contributed by atoms with E-state index in [0.29, 0.717) is 12.1 Å². The zero-order valence-electron chi connectivity index (χ0n) is 21.3. The van der Waals surface area contributed by atoms with Crippen LogP contribution in [0.2, 0.25) is 0 Å². The van der Waals surface area contributed by atoms with E-state index in [1.165, 1.54) is 40.6 Å². The van der Waals surface area contributed by atoms with Crippen LogP contribution in [-0.2, 0) is 22.6 Å². The number of nitrogens with zero attached hydrogens (tertiary/aromatic N) is 3. The van der Waals surface area contributed by atoms with E-state index < -0.39 is 23.3 Å². The molecule has 8 nitrogen and oxygen atoms in total. The van der Waals surface area contributed by atoms with Gasteiger partial charge >= 0.3 is 0 Å². The number of amides is 2. The van der Waals surface area contributed by atoms with Crippen molar-refractivity contribution in [1.82, 2.24) is 19.8 Å². The number of fused-ring (bicyclic) bond motifs is 1. The van der Waals surface area contributed by atoms with Crippen molar-refractivity contribution in [2.75, 3.05) is 18.9 Å². The first-order chi connectivity index (χ1) is 17.8. The standard InChI is InChI=1S/C28H32FN5O3/c1-4-33(24-11-7-9-19-8-5-6-10-22(19)24)25(35)17-34-26(20-12-14-21(29)15-13-20)31-16-23(28(34)37)32-27(36)18(2)30-3/h5-6,8,10,12-16,18,24,30H,4,7,9,11,17H2,1-3H3,(H,32,36)/t18-,24+/m0/s1. The smallest absolute Gasteiger partial charge is 0.278 e. The van der Waals surface area contributed by atoms with E-state index in [1.54, 1.807) is 18.9 Å². The molecule has 1 aliphatic rings. The normalized spacial score (nSPS) is 15.5. The molecule has 1 aromatic heterocycles. The molecule has 0 fully saturated rings. The molecule has 0 spiro atoms. The van der Waals surface area contributed by atoms with Crippen LogP contribution in [0.3, 0.4) is 0 Å². The number of hydrogen-bond acceptors (Lipinski definition) is 5. The molecule has 4 rings (SSSR count). The van der Waals surface area contributed by atoms with Crippen molar-refractivity contribution in [1.29, 1.82) is 0 Å². The van der Waals surface area contributed by atoms with Crippen molar-refractivity contribution in [2.24, 2.45) is 0 Å². The second kappa shape index (κ2) is 11.5. The highest BCUT2D eigenvalue weighted by atomic mass is 19.1. The molecule has 0 saturated heterocycles. The van der Waals surface area contributed by atoms with Gasteiger partial charge < -0.3 is 15.5 Å². The topological polar surface area (TPSA) is 96.3 Å². The van der Waals surface area contributed by atoms with Crippen LogP contribution in [0.15, 0.2) is 59.5 Å². The monoisotopic (exact) mass is 505 g/mol. The van der Waals surface area contributed by atoms with E-state index in [2.05, 4.69) is 27.8 Å².